The minimum absolute atomic E-state index is 0.0280. The van der Waals surface area contributed by atoms with Crippen molar-refractivity contribution in [2.45, 2.75) is 26.7 Å². The highest BCUT2D eigenvalue weighted by Crippen LogP contribution is 2.24. The molecule has 124 valence electrons. The van der Waals surface area contributed by atoms with Crippen LogP contribution in [0.2, 0.25) is 0 Å². The summed E-state index contributed by atoms with van der Waals surface area (Å²) in [7, 11) is 0. The number of aromatic nitrogens is 2. The van der Waals surface area contributed by atoms with Gasteiger partial charge in [0.2, 0.25) is 0 Å². The van der Waals surface area contributed by atoms with Crippen LogP contribution < -0.4 is 5.32 Å². The van der Waals surface area contributed by atoms with E-state index < -0.39 is 0 Å². The van der Waals surface area contributed by atoms with Gasteiger partial charge in [-0.2, -0.15) is 0 Å². The predicted octanol–water partition coefficient (Wildman–Crippen LogP) is 2.58. The number of hydrogen-bond acceptors (Lipinski definition) is 4. The molecular formula is C18H20N4O2. The molecule has 1 aromatic carbocycles. The molecule has 1 aliphatic heterocycles. The molecule has 0 spiro atoms. The molecule has 0 aliphatic carbocycles. The van der Waals surface area contributed by atoms with Gasteiger partial charge in [0.05, 0.1) is 11.3 Å². The third kappa shape index (κ3) is 3.27. The van der Waals surface area contributed by atoms with Gasteiger partial charge in [0.25, 0.3) is 11.8 Å². The van der Waals surface area contributed by atoms with Crippen LogP contribution in [-0.2, 0) is 0 Å². The Kier molecular flexibility index (Phi) is 4.55. The summed E-state index contributed by atoms with van der Waals surface area (Å²) in [6.07, 6.45) is 3.60. The van der Waals surface area contributed by atoms with Crippen LogP contribution in [0.1, 0.15) is 45.1 Å². The molecule has 3 rings (SSSR count). The van der Waals surface area contributed by atoms with Crippen molar-refractivity contribution in [2.75, 3.05) is 18.4 Å². The lowest BCUT2D eigenvalue weighted by molar-refractivity contribution is 0.0793. The van der Waals surface area contributed by atoms with Crippen LogP contribution in [0, 0.1) is 13.8 Å². The quantitative estimate of drug-likeness (QED) is 0.941. The van der Waals surface area contributed by atoms with E-state index in [9.17, 15) is 9.59 Å². The maximum atomic E-state index is 12.8. The number of carbonyl (C=O) groups excluding carboxylic acids is 2. The SMILES string of the molecule is Cc1nccc(C(=O)Nc2cccc(C)c2C(=O)N2CCCC2)n1. The van der Waals surface area contributed by atoms with Crippen molar-refractivity contribution in [2.24, 2.45) is 0 Å². The molecule has 0 atom stereocenters. The first kappa shape index (κ1) is 16.1. The molecule has 1 N–H and O–H groups in total. The fourth-order valence-electron chi connectivity index (χ4n) is 2.90. The summed E-state index contributed by atoms with van der Waals surface area (Å²) in [6, 6.07) is 7.02. The van der Waals surface area contributed by atoms with E-state index in [1.54, 1.807) is 25.3 Å². The largest absolute Gasteiger partial charge is 0.339 e. The smallest absolute Gasteiger partial charge is 0.274 e. The van der Waals surface area contributed by atoms with Crippen LogP contribution in [-0.4, -0.2) is 39.8 Å². The van der Waals surface area contributed by atoms with Crippen LogP contribution in [0.5, 0.6) is 0 Å². The minimum atomic E-state index is -0.346. The second kappa shape index (κ2) is 6.78. The molecule has 0 unspecified atom stereocenters. The number of anilines is 1. The molecule has 2 amide bonds. The molecule has 1 aliphatic rings. The summed E-state index contributed by atoms with van der Waals surface area (Å²) in [6.45, 7) is 5.15. The lowest BCUT2D eigenvalue weighted by Crippen LogP contribution is -2.29. The van der Waals surface area contributed by atoms with Crippen molar-refractivity contribution >= 4 is 17.5 Å². The molecule has 2 heterocycles. The highest BCUT2D eigenvalue weighted by atomic mass is 16.2. The van der Waals surface area contributed by atoms with E-state index >= 15 is 0 Å². The van der Waals surface area contributed by atoms with E-state index in [0.29, 0.717) is 17.1 Å². The fourth-order valence-corrected chi connectivity index (χ4v) is 2.90. The van der Waals surface area contributed by atoms with Crippen molar-refractivity contribution in [1.29, 1.82) is 0 Å². The Bertz CT molecular complexity index is 782. The summed E-state index contributed by atoms with van der Waals surface area (Å²) in [5.74, 6) is 0.154. The first-order valence-corrected chi connectivity index (χ1v) is 8.06. The molecule has 0 bridgehead atoms. The molecule has 2 aromatic rings. The van der Waals surface area contributed by atoms with Gasteiger partial charge in [0, 0.05) is 19.3 Å². The number of hydrogen-bond donors (Lipinski definition) is 1. The maximum absolute atomic E-state index is 12.8. The van der Waals surface area contributed by atoms with Gasteiger partial charge in [-0.15, -0.1) is 0 Å². The molecule has 6 nitrogen and oxygen atoms in total. The highest BCUT2D eigenvalue weighted by Gasteiger charge is 2.24. The average Bonchev–Trinajstić information content (AvgIpc) is 3.09. The average molecular weight is 324 g/mol. The van der Waals surface area contributed by atoms with Crippen LogP contribution >= 0.6 is 0 Å². The molecule has 1 fully saturated rings. The standard InChI is InChI=1S/C18H20N4O2/c1-12-6-5-7-14(16(12)18(24)22-10-3-4-11-22)21-17(23)15-8-9-19-13(2)20-15/h5-9H,3-4,10-11H2,1-2H3,(H,21,23). The molecule has 0 saturated carbocycles. The first-order chi connectivity index (χ1) is 11.6. The molecular weight excluding hydrogens is 304 g/mol. The van der Waals surface area contributed by atoms with Crippen LogP contribution in [0.15, 0.2) is 30.5 Å². The Morgan fingerprint density at radius 2 is 1.88 bits per heavy atom. The Labute approximate surface area is 140 Å². The van der Waals surface area contributed by atoms with Crippen LogP contribution in [0.3, 0.4) is 0 Å². The number of carbonyl (C=O) groups is 2. The first-order valence-electron chi connectivity index (χ1n) is 8.06. The normalized spacial score (nSPS) is 13.8. The third-order valence-electron chi connectivity index (χ3n) is 4.14. The molecule has 24 heavy (non-hydrogen) atoms. The third-order valence-corrected chi connectivity index (χ3v) is 4.14. The van der Waals surface area contributed by atoms with Crippen molar-refractivity contribution < 1.29 is 9.59 Å². The predicted molar refractivity (Wildman–Crippen MR) is 91.0 cm³/mol. The van der Waals surface area contributed by atoms with Gasteiger partial charge >= 0.3 is 0 Å². The van der Waals surface area contributed by atoms with Gasteiger partial charge in [0.1, 0.15) is 11.5 Å². The number of rotatable bonds is 3. The number of likely N-dealkylation sites (tertiary alicyclic amines) is 1. The minimum Gasteiger partial charge on any atom is -0.339 e. The van der Waals surface area contributed by atoms with Crippen molar-refractivity contribution in [3.8, 4) is 0 Å². The molecule has 6 heteroatoms. The Hall–Kier alpha value is -2.76. The van der Waals surface area contributed by atoms with E-state index in [1.807, 2.05) is 24.0 Å². The monoisotopic (exact) mass is 324 g/mol. The summed E-state index contributed by atoms with van der Waals surface area (Å²) >= 11 is 0. The van der Waals surface area contributed by atoms with E-state index in [0.717, 1.165) is 31.5 Å². The maximum Gasteiger partial charge on any atom is 0.274 e. The Morgan fingerprint density at radius 3 is 2.58 bits per heavy atom. The zero-order valence-corrected chi connectivity index (χ0v) is 13.9. The second-order valence-electron chi connectivity index (χ2n) is 5.94. The van der Waals surface area contributed by atoms with Gasteiger partial charge in [-0.3, -0.25) is 9.59 Å². The van der Waals surface area contributed by atoms with Crippen molar-refractivity contribution in [1.82, 2.24) is 14.9 Å². The summed E-state index contributed by atoms with van der Waals surface area (Å²) in [5, 5.41) is 2.82. The summed E-state index contributed by atoms with van der Waals surface area (Å²) in [4.78, 5) is 35.2. The van der Waals surface area contributed by atoms with Crippen LogP contribution in [0.25, 0.3) is 0 Å². The van der Waals surface area contributed by atoms with Crippen LogP contribution in [0.4, 0.5) is 5.69 Å². The Morgan fingerprint density at radius 1 is 1.12 bits per heavy atom. The molecule has 1 aromatic heterocycles. The number of nitrogens with one attached hydrogen (secondary N) is 1. The van der Waals surface area contributed by atoms with Crippen molar-refractivity contribution in [3.05, 3.63) is 53.1 Å². The number of aryl methyl sites for hydroxylation is 2. The topological polar surface area (TPSA) is 75.2 Å². The van der Waals surface area contributed by atoms with Gasteiger partial charge in [-0.25, -0.2) is 9.97 Å². The van der Waals surface area contributed by atoms with Gasteiger partial charge in [-0.1, -0.05) is 12.1 Å². The van der Waals surface area contributed by atoms with Gasteiger partial charge < -0.3 is 10.2 Å². The van der Waals surface area contributed by atoms with E-state index in [4.69, 9.17) is 0 Å². The lowest BCUT2D eigenvalue weighted by Gasteiger charge is -2.19. The lowest BCUT2D eigenvalue weighted by atomic mass is 10.0. The van der Waals surface area contributed by atoms with Gasteiger partial charge in [0.15, 0.2) is 0 Å². The summed E-state index contributed by atoms with van der Waals surface area (Å²) < 4.78 is 0. The Balaban J connectivity index is 1.89. The van der Waals surface area contributed by atoms with Gasteiger partial charge in [-0.05, 0) is 44.4 Å². The fraction of sp³-hybridized carbons (Fsp3) is 0.333. The van der Waals surface area contributed by atoms with E-state index in [1.165, 1.54) is 0 Å². The number of amides is 2. The van der Waals surface area contributed by atoms with E-state index in [-0.39, 0.29) is 17.5 Å². The zero-order chi connectivity index (χ0) is 17.1. The van der Waals surface area contributed by atoms with Crippen molar-refractivity contribution in [3.63, 3.8) is 0 Å². The number of benzene rings is 1. The van der Waals surface area contributed by atoms with E-state index in [2.05, 4.69) is 15.3 Å². The molecule has 0 radical (unpaired) electrons. The number of nitrogens with zero attached hydrogens (tertiary/aromatic N) is 3. The zero-order valence-electron chi connectivity index (χ0n) is 13.9. The second-order valence-corrected chi connectivity index (χ2v) is 5.94. The summed E-state index contributed by atoms with van der Waals surface area (Å²) in [5.41, 5.74) is 2.21. The molecule has 1 saturated heterocycles. The highest BCUT2D eigenvalue weighted by molar-refractivity contribution is 6.08.